The monoisotopic (exact) mass is 442 g/mol. The molecule has 0 radical (unpaired) electrons. The molecule has 1 aromatic heterocycles. The van der Waals surface area contributed by atoms with Crippen LogP contribution in [-0.2, 0) is 10.0 Å². The molecule has 3 rings (SSSR count). The zero-order valence-corrected chi connectivity index (χ0v) is 16.5. The van der Waals surface area contributed by atoms with Gasteiger partial charge in [0.1, 0.15) is 34.5 Å². The highest BCUT2D eigenvalue weighted by molar-refractivity contribution is 7.88. The Bertz CT molecular complexity index is 1080. The number of anilines is 1. The van der Waals surface area contributed by atoms with Gasteiger partial charge in [0, 0.05) is 38.3 Å². The summed E-state index contributed by atoms with van der Waals surface area (Å²) in [5.41, 5.74) is -1.02. The predicted molar refractivity (Wildman–Crippen MR) is 101 cm³/mol. The van der Waals surface area contributed by atoms with Gasteiger partial charge in [0.15, 0.2) is 0 Å². The molecule has 1 N–H and O–H groups in total. The van der Waals surface area contributed by atoms with E-state index in [1.165, 1.54) is 27.4 Å². The van der Waals surface area contributed by atoms with Gasteiger partial charge >= 0.3 is 0 Å². The van der Waals surface area contributed by atoms with Gasteiger partial charge in [0.25, 0.3) is 11.8 Å². The lowest BCUT2D eigenvalue weighted by Gasteiger charge is -2.33. The Labute approximate surface area is 170 Å². The summed E-state index contributed by atoms with van der Waals surface area (Å²) >= 11 is 0. The summed E-state index contributed by atoms with van der Waals surface area (Å²) < 4.78 is 64.9. The molecule has 30 heavy (non-hydrogen) atoms. The van der Waals surface area contributed by atoms with Gasteiger partial charge in [-0.1, -0.05) is 6.07 Å². The number of carbonyl (C=O) groups is 2. The van der Waals surface area contributed by atoms with Crippen molar-refractivity contribution in [1.82, 2.24) is 14.2 Å². The average molecular weight is 442 g/mol. The van der Waals surface area contributed by atoms with Crippen LogP contribution in [0.3, 0.4) is 0 Å². The molecule has 2 aromatic rings. The molecular weight excluding hydrogens is 425 g/mol. The second-order valence-electron chi connectivity index (χ2n) is 6.56. The first kappa shape index (κ1) is 21.7. The molecule has 1 fully saturated rings. The molecule has 0 aliphatic carbocycles. The van der Waals surface area contributed by atoms with Gasteiger partial charge in [0.05, 0.1) is 6.26 Å². The second kappa shape index (κ2) is 8.40. The highest BCUT2D eigenvalue weighted by Crippen LogP contribution is 2.17. The van der Waals surface area contributed by atoms with Crippen LogP contribution in [0.1, 0.15) is 20.8 Å². The molecule has 0 unspecified atom stereocenters. The van der Waals surface area contributed by atoms with Crippen LogP contribution in [-0.4, -0.2) is 66.9 Å². The first-order chi connectivity index (χ1) is 14.1. The molecule has 12 heteroatoms. The van der Waals surface area contributed by atoms with Crippen LogP contribution in [0.2, 0.25) is 0 Å². The SMILES string of the molecule is CS(=O)(=O)N1CCN(C(=O)c2cccc(NC(=O)c3c(F)cc(F)cc3F)n2)CC1. The van der Waals surface area contributed by atoms with E-state index in [0.717, 1.165) is 6.26 Å². The summed E-state index contributed by atoms with van der Waals surface area (Å²) in [5.74, 6) is -5.73. The summed E-state index contributed by atoms with van der Waals surface area (Å²) in [5, 5.41) is 2.17. The standard InChI is InChI=1S/C18H17F3N4O4S/c1-30(28,29)25-7-5-24(6-8-25)18(27)14-3-2-4-15(22-14)23-17(26)16-12(20)9-11(19)10-13(16)21/h2-4,9-10H,5-8H2,1H3,(H,22,23,26). The maximum Gasteiger partial charge on any atom is 0.272 e. The van der Waals surface area contributed by atoms with Crippen molar-refractivity contribution < 1.29 is 31.2 Å². The first-order valence-electron chi connectivity index (χ1n) is 8.73. The van der Waals surface area contributed by atoms with E-state index in [1.54, 1.807) is 0 Å². The summed E-state index contributed by atoms with van der Waals surface area (Å²) in [6.45, 7) is 0.612. The van der Waals surface area contributed by atoms with Crippen LogP contribution in [0.15, 0.2) is 30.3 Å². The fraction of sp³-hybridized carbons (Fsp3) is 0.278. The molecule has 2 amide bonds. The van der Waals surface area contributed by atoms with Crippen molar-refractivity contribution in [2.45, 2.75) is 0 Å². The number of rotatable bonds is 4. The highest BCUT2D eigenvalue weighted by atomic mass is 32.2. The Balaban J connectivity index is 1.72. The molecule has 1 aliphatic rings. The average Bonchev–Trinajstić information content (AvgIpc) is 2.66. The van der Waals surface area contributed by atoms with Crippen molar-refractivity contribution in [2.24, 2.45) is 0 Å². The van der Waals surface area contributed by atoms with Crippen molar-refractivity contribution in [2.75, 3.05) is 37.8 Å². The Morgan fingerprint density at radius 1 is 1.03 bits per heavy atom. The summed E-state index contributed by atoms with van der Waals surface area (Å²) in [4.78, 5) is 30.2. The Hall–Kier alpha value is -2.99. The molecule has 1 saturated heterocycles. The Morgan fingerprint density at radius 3 is 2.20 bits per heavy atom. The van der Waals surface area contributed by atoms with Gasteiger partial charge in [-0.15, -0.1) is 0 Å². The van der Waals surface area contributed by atoms with E-state index in [9.17, 15) is 31.2 Å². The second-order valence-corrected chi connectivity index (χ2v) is 8.54. The summed E-state index contributed by atoms with van der Waals surface area (Å²) in [6, 6.07) is 4.87. The number of hydrogen-bond donors (Lipinski definition) is 1. The van der Waals surface area contributed by atoms with Gasteiger partial charge in [0.2, 0.25) is 10.0 Å². The fourth-order valence-electron chi connectivity index (χ4n) is 2.95. The number of nitrogens with one attached hydrogen (secondary N) is 1. The molecule has 160 valence electrons. The Kier molecular flexibility index (Phi) is 6.08. The number of aromatic nitrogens is 1. The zero-order chi connectivity index (χ0) is 22.1. The number of benzene rings is 1. The minimum atomic E-state index is -3.35. The lowest BCUT2D eigenvalue weighted by molar-refractivity contribution is 0.0692. The first-order valence-corrected chi connectivity index (χ1v) is 10.6. The third-order valence-corrected chi connectivity index (χ3v) is 5.74. The van der Waals surface area contributed by atoms with Crippen molar-refractivity contribution in [3.63, 3.8) is 0 Å². The number of amides is 2. The van der Waals surface area contributed by atoms with Crippen LogP contribution in [0, 0.1) is 17.5 Å². The van der Waals surface area contributed by atoms with Crippen LogP contribution in [0.4, 0.5) is 19.0 Å². The Morgan fingerprint density at radius 2 is 1.63 bits per heavy atom. The summed E-state index contributed by atoms with van der Waals surface area (Å²) in [7, 11) is -3.35. The van der Waals surface area contributed by atoms with E-state index in [4.69, 9.17) is 0 Å². The molecule has 8 nitrogen and oxygen atoms in total. The van der Waals surface area contributed by atoms with Crippen LogP contribution >= 0.6 is 0 Å². The molecule has 0 atom stereocenters. The summed E-state index contributed by atoms with van der Waals surface area (Å²) in [6.07, 6.45) is 1.09. The van der Waals surface area contributed by atoms with Crippen molar-refractivity contribution in [3.05, 3.63) is 59.0 Å². The van der Waals surface area contributed by atoms with E-state index in [-0.39, 0.29) is 37.7 Å². The van der Waals surface area contributed by atoms with Crippen LogP contribution in [0.25, 0.3) is 0 Å². The molecular formula is C18H17F3N4O4S. The third-order valence-electron chi connectivity index (χ3n) is 4.44. The topological polar surface area (TPSA) is 99.7 Å². The van der Waals surface area contributed by atoms with Crippen molar-refractivity contribution in [1.29, 1.82) is 0 Å². The molecule has 0 spiro atoms. The quantitative estimate of drug-likeness (QED) is 0.773. The van der Waals surface area contributed by atoms with E-state index in [1.807, 2.05) is 0 Å². The van der Waals surface area contributed by atoms with E-state index in [0.29, 0.717) is 12.1 Å². The number of carbonyl (C=O) groups excluding carboxylic acids is 2. The molecule has 0 saturated carbocycles. The number of nitrogens with zero attached hydrogens (tertiary/aromatic N) is 3. The van der Waals surface area contributed by atoms with Gasteiger partial charge in [-0.25, -0.2) is 26.6 Å². The van der Waals surface area contributed by atoms with Gasteiger partial charge in [-0.05, 0) is 12.1 Å². The third kappa shape index (κ3) is 4.76. The van der Waals surface area contributed by atoms with E-state index in [2.05, 4.69) is 10.3 Å². The zero-order valence-electron chi connectivity index (χ0n) is 15.7. The van der Waals surface area contributed by atoms with Gasteiger partial charge in [-0.2, -0.15) is 4.31 Å². The molecule has 2 heterocycles. The largest absolute Gasteiger partial charge is 0.335 e. The van der Waals surface area contributed by atoms with Crippen LogP contribution in [0.5, 0.6) is 0 Å². The maximum absolute atomic E-state index is 13.8. The van der Waals surface area contributed by atoms with Crippen LogP contribution < -0.4 is 5.32 Å². The van der Waals surface area contributed by atoms with Gasteiger partial charge in [-0.3, -0.25) is 9.59 Å². The smallest absolute Gasteiger partial charge is 0.272 e. The number of piperazine rings is 1. The van der Waals surface area contributed by atoms with Gasteiger partial charge < -0.3 is 10.2 Å². The predicted octanol–water partition coefficient (Wildman–Crippen LogP) is 1.47. The lowest BCUT2D eigenvalue weighted by atomic mass is 10.1. The maximum atomic E-state index is 13.8. The minimum Gasteiger partial charge on any atom is -0.335 e. The number of pyridine rings is 1. The minimum absolute atomic E-state index is 0.0411. The number of sulfonamides is 1. The van der Waals surface area contributed by atoms with Crippen molar-refractivity contribution >= 4 is 27.7 Å². The lowest BCUT2D eigenvalue weighted by Crippen LogP contribution is -2.50. The molecule has 1 aromatic carbocycles. The fourth-order valence-corrected chi connectivity index (χ4v) is 3.77. The van der Waals surface area contributed by atoms with E-state index < -0.39 is 44.9 Å². The normalized spacial score (nSPS) is 15.1. The number of halogens is 3. The molecule has 1 aliphatic heterocycles. The molecule has 0 bridgehead atoms. The number of hydrogen-bond acceptors (Lipinski definition) is 5. The van der Waals surface area contributed by atoms with Crippen molar-refractivity contribution in [3.8, 4) is 0 Å². The highest BCUT2D eigenvalue weighted by Gasteiger charge is 2.27. The van der Waals surface area contributed by atoms with E-state index >= 15 is 0 Å².